The van der Waals surface area contributed by atoms with Gasteiger partial charge in [0.05, 0.1) is 12.1 Å². The number of piperazine rings is 1. The minimum absolute atomic E-state index is 0.143. The van der Waals surface area contributed by atoms with Gasteiger partial charge in [-0.15, -0.1) is 0 Å². The van der Waals surface area contributed by atoms with Crippen molar-refractivity contribution in [2.24, 2.45) is 0 Å². The van der Waals surface area contributed by atoms with Gasteiger partial charge in [0.25, 0.3) is 0 Å². The number of hydrogen-bond acceptors (Lipinski definition) is 6. The summed E-state index contributed by atoms with van der Waals surface area (Å²) in [6, 6.07) is 3.85. The molecule has 4 saturated heterocycles. The van der Waals surface area contributed by atoms with Crippen molar-refractivity contribution >= 4 is 11.8 Å². The normalized spacial score (nSPS) is 24.0. The van der Waals surface area contributed by atoms with E-state index in [0.29, 0.717) is 18.7 Å². The number of halogens is 3. The Morgan fingerprint density at radius 2 is 1.86 bits per heavy atom. The third-order valence-electron chi connectivity index (χ3n) is 5.79. The Labute approximate surface area is 164 Å². The van der Waals surface area contributed by atoms with E-state index in [0.717, 1.165) is 38.2 Å². The molecule has 0 aliphatic carbocycles. The summed E-state index contributed by atoms with van der Waals surface area (Å²) in [6.45, 7) is 3.08. The second kappa shape index (κ2) is 6.60. The highest BCUT2D eigenvalue weighted by molar-refractivity contribution is 5.77. The molecule has 2 unspecified atom stereocenters. The Morgan fingerprint density at radius 3 is 2.45 bits per heavy atom. The monoisotopic (exact) mass is 408 g/mol. The molecule has 0 radical (unpaired) electrons. The van der Waals surface area contributed by atoms with Crippen molar-refractivity contribution in [3.8, 4) is 11.4 Å². The Balaban J connectivity index is 1.25. The lowest BCUT2D eigenvalue weighted by Crippen LogP contribution is -2.71. The minimum Gasteiger partial charge on any atom is -0.352 e. The van der Waals surface area contributed by atoms with Gasteiger partial charge in [-0.05, 0) is 31.4 Å². The first kappa shape index (κ1) is 18.2. The summed E-state index contributed by atoms with van der Waals surface area (Å²) in [5.74, 6) is -0.813. The fourth-order valence-electron chi connectivity index (χ4n) is 4.34. The summed E-state index contributed by atoms with van der Waals surface area (Å²) in [6.07, 6.45) is -0.0961. The summed E-state index contributed by atoms with van der Waals surface area (Å²) in [7, 11) is 0. The van der Waals surface area contributed by atoms with Crippen molar-refractivity contribution in [1.29, 1.82) is 0 Å². The molecule has 0 spiro atoms. The predicted molar refractivity (Wildman–Crippen MR) is 95.0 cm³/mol. The van der Waals surface area contributed by atoms with Crippen molar-refractivity contribution in [2.45, 2.75) is 37.5 Å². The highest BCUT2D eigenvalue weighted by atomic mass is 19.4. The molecule has 11 heteroatoms. The number of anilines is 1. The van der Waals surface area contributed by atoms with E-state index in [2.05, 4.69) is 24.5 Å². The molecule has 6 heterocycles. The Morgan fingerprint density at radius 1 is 1.14 bits per heavy atom. The van der Waals surface area contributed by atoms with Crippen LogP contribution < -0.4 is 4.90 Å². The van der Waals surface area contributed by atoms with Gasteiger partial charge in [0.1, 0.15) is 5.82 Å². The third kappa shape index (κ3) is 3.18. The molecule has 154 valence electrons. The second-order valence-corrected chi connectivity index (χ2v) is 7.66. The average molecular weight is 408 g/mol. The number of carbonyl (C=O) groups is 1. The van der Waals surface area contributed by atoms with Gasteiger partial charge in [-0.25, -0.2) is 9.78 Å². The molecule has 2 amide bonds. The first-order chi connectivity index (χ1) is 13.9. The SMILES string of the molecule is O=C(N1CCCC1)N1C2CC1CN(c1ccc(-c3noc(C(F)(F)F)n3)cn1)C2. The number of hydrogen-bond donors (Lipinski definition) is 0. The number of piperidine rings is 1. The van der Waals surface area contributed by atoms with E-state index >= 15 is 0 Å². The average Bonchev–Trinajstić information content (AvgIpc) is 3.40. The zero-order valence-corrected chi connectivity index (χ0v) is 15.5. The first-order valence-corrected chi connectivity index (χ1v) is 9.59. The van der Waals surface area contributed by atoms with Gasteiger partial charge in [0, 0.05) is 37.9 Å². The van der Waals surface area contributed by atoms with E-state index in [1.54, 1.807) is 12.1 Å². The molecule has 6 rings (SSSR count). The summed E-state index contributed by atoms with van der Waals surface area (Å²) in [5, 5.41) is 3.37. The van der Waals surface area contributed by atoms with E-state index in [4.69, 9.17) is 0 Å². The van der Waals surface area contributed by atoms with Crippen LogP contribution in [0.4, 0.5) is 23.8 Å². The zero-order valence-electron chi connectivity index (χ0n) is 15.5. The number of nitrogens with zero attached hydrogens (tertiary/aromatic N) is 6. The van der Waals surface area contributed by atoms with Gasteiger partial charge in [-0.3, -0.25) is 0 Å². The maximum absolute atomic E-state index is 12.7. The van der Waals surface area contributed by atoms with Gasteiger partial charge in [0.2, 0.25) is 5.82 Å². The quantitative estimate of drug-likeness (QED) is 0.760. The van der Waals surface area contributed by atoms with Crippen LogP contribution in [0.1, 0.15) is 25.2 Å². The molecule has 8 nitrogen and oxygen atoms in total. The van der Waals surface area contributed by atoms with Gasteiger partial charge in [-0.2, -0.15) is 18.2 Å². The van der Waals surface area contributed by atoms with Crippen LogP contribution in [0.5, 0.6) is 0 Å². The summed E-state index contributed by atoms with van der Waals surface area (Å²) in [5.41, 5.74) is 0.348. The topological polar surface area (TPSA) is 78.6 Å². The number of pyridine rings is 1. The van der Waals surface area contributed by atoms with E-state index in [1.165, 1.54) is 6.20 Å². The van der Waals surface area contributed by atoms with Gasteiger partial charge in [0.15, 0.2) is 0 Å². The molecule has 2 aromatic rings. The smallest absolute Gasteiger partial charge is 0.352 e. The van der Waals surface area contributed by atoms with E-state index < -0.39 is 12.1 Å². The number of rotatable bonds is 2. The molecule has 29 heavy (non-hydrogen) atoms. The standard InChI is InChI=1S/C18H19F3N6O2/c19-18(20,21)16-23-15(24-29-16)11-3-4-14(22-8-11)26-9-12-7-13(10-26)27(12)17(28)25-5-1-2-6-25/h3-4,8,12-13H,1-2,5-7,9-10H2. The highest BCUT2D eigenvalue weighted by Gasteiger charge is 2.49. The van der Waals surface area contributed by atoms with Gasteiger partial charge in [-0.1, -0.05) is 5.16 Å². The van der Waals surface area contributed by atoms with E-state index in [1.807, 2.05) is 9.80 Å². The molecule has 2 aromatic heterocycles. The molecule has 0 N–H and O–H groups in total. The molecular formula is C18H19F3N6O2. The van der Waals surface area contributed by atoms with Gasteiger partial charge >= 0.3 is 18.1 Å². The van der Waals surface area contributed by atoms with Crippen LogP contribution in [0.3, 0.4) is 0 Å². The fraction of sp³-hybridized carbons (Fsp3) is 0.556. The van der Waals surface area contributed by atoms with Crippen LogP contribution in [0.25, 0.3) is 11.4 Å². The molecule has 2 bridgehead atoms. The molecule has 4 fully saturated rings. The molecule has 4 aliphatic rings. The number of alkyl halides is 3. The lowest BCUT2D eigenvalue weighted by atomic mass is 9.87. The van der Waals surface area contributed by atoms with Crippen LogP contribution in [0, 0.1) is 0 Å². The number of aromatic nitrogens is 3. The van der Waals surface area contributed by atoms with E-state index in [-0.39, 0.29) is 23.9 Å². The maximum atomic E-state index is 12.7. The lowest BCUT2D eigenvalue weighted by molar-refractivity contribution is -0.159. The molecule has 0 saturated carbocycles. The summed E-state index contributed by atoms with van der Waals surface area (Å²) >= 11 is 0. The largest absolute Gasteiger partial charge is 0.471 e. The van der Waals surface area contributed by atoms with Crippen LogP contribution in [-0.2, 0) is 6.18 Å². The van der Waals surface area contributed by atoms with Crippen LogP contribution in [0.2, 0.25) is 0 Å². The first-order valence-electron chi connectivity index (χ1n) is 9.59. The number of carbonyl (C=O) groups excluding carboxylic acids is 1. The van der Waals surface area contributed by atoms with Crippen molar-refractivity contribution in [3.05, 3.63) is 24.2 Å². The van der Waals surface area contributed by atoms with Crippen molar-refractivity contribution in [1.82, 2.24) is 24.9 Å². The molecule has 4 aliphatic heterocycles. The van der Waals surface area contributed by atoms with E-state index in [9.17, 15) is 18.0 Å². The Bertz CT molecular complexity index is 897. The van der Waals surface area contributed by atoms with Crippen molar-refractivity contribution in [2.75, 3.05) is 31.1 Å². The highest BCUT2D eigenvalue weighted by Crippen LogP contribution is 2.36. The van der Waals surface area contributed by atoms with Crippen LogP contribution in [-0.4, -0.2) is 69.2 Å². The maximum Gasteiger partial charge on any atom is 0.471 e. The lowest BCUT2D eigenvalue weighted by Gasteiger charge is -2.57. The zero-order chi connectivity index (χ0) is 20.2. The summed E-state index contributed by atoms with van der Waals surface area (Å²) < 4.78 is 42.1. The van der Waals surface area contributed by atoms with Crippen LogP contribution in [0.15, 0.2) is 22.9 Å². The molecule has 0 aromatic carbocycles. The fourth-order valence-corrected chi connectivity index (χ4v) is 4.34. The van der Waals surface area contributed by atoms with Crippen LogP contribution >= 0.6 is 0 Å². The predicted octanol–water partition coefficient (Wildman–Crippen LogP) is 2.63. The summed E-state index contributed by atoms with van der Waals surface area (Å²) in [4.78, 5) is 26.4. The molecular weight excluding hydrogens is 389 g/mol. The number of fused-ring (bicyclic) bond motifs is 2. The van der Waals surface area contributed by atoms with Crippen molar-refractivity contribution < 1.29 is 22.5 Å². The number of likely N-dealkylation sites (tertiary alicyclic amines) is 1. The third-order valence-corrected chi connectivity index (χ3v) is 5.79. The minimum atomic E-state index is -4.67. The molecule has 2 atom stereocenters. The Kier molecular flexibility index (Phi) is 4.14. The second-order valence-electron chi connectivity index (χ2n) is 7.66. The Hall–Kier alpha value is -2.85. The number of urea groups is 1. The van der Waals surface area contributed by atoms with Crippen molar-refractivity contribution in [3.63, 3.8) is 0 Å². The number of amides is 2. The van der Waals surface area contributed by atoms with Gasteiger partial charge < -0.3 is 19.2 Å².